The van der Waals surface area contributed by atoms with E-state index in [2.05, 4.69) is 10.6 Å². The van der Waals surface area contributed by atoms with Gasteiger partial charge in [-0.15, -0.1) is 0 Å². The van der Waals surface area contributed by atoms with Crippen molar-refractivity contribution in [1.29, 1.82) is 0 Å². The van der Waals surface area contributed by atoms with Gasteiger partial charge in [0.05, 0.1) is 24.2 Å². The lowest BCUT2D eigenvalue weighted by atomic mass is 10.1. The summed E-state index contributed by atoms with van der Waals surface area (Å²) < 4.78 is 31.8. The lowest BCUT2D eigenvalue weighted by Crippen LogP contribution is -2.31. The summed E-state index contributed by atoms with van der Waals surface area (Å²) in [6.45, 7) is 6.53. The first-order valence-corrected chi connectivity index (χ1v) is 11.0. The van der Waals surface area contributed by atoms with E-state index in [0.29, 0.717) is 24.5 Å². The van der Waals surface area contributed by atoms with Crippen LogP contribution < -0.4 is 15.4 Å². The predicted octanol–water partition coefficient (Wildman–Crippen LogP) is 3.02. The molecule has 0 aliphatic carbocycles. The maximum Gasteiger partial charge on any atom is 0.243 e. The number of nitrogens with one attached hydrogen (secondary N) is 2. The summed E-state index contributed by atoms with van der Waals surface area (Å²) in [5.41, 5.74) is 1.51. The Kier molecular flexibility index (Phi) is 8.19. The zero-order chi connectivity index (χ0) is 21.4. The normalized spacial score (nSPS) is 12.6. The van der Waals surface area contributed by atoms with Crippen molar-refractivity contribution >= 4 is 21.6 Å². The third kappa shape index (κ3) is 5.79. The number of anilines is 1. The molecular weight excluding hydrogens is 390 g/mol. The lowest BCUT2D eigenvalue weighted by molar-refractivity contribution is -0.115. The molecule has 1 unspecified atom stereocenters. The minimum Gasteiger partial charge on any atom is -0.495 e. The zero-order valence-electron chi connectivity index (χ0n) is 17.3. The fourth-order valence-electron chi connectivity index (χ4n) is 2.95. The molecule has 0 aliphatic heterocycles. The highest BCUT2D eigenvalue weighted by Crippen LogP contribution is 2.23. The van der Waals surface area contributed by atoms with Crippen LogP contribution in [0.3, 0.4) is 0 Å². The predicted molar refractivity (Wildman–Crippen MR) is 115 cm³/mol. The Labute approximate surface area is 173 Å². The van der Waals surface area contributed by atoms with Crippen LogP contribution in [0.4, 0.5) is 5.69 Å². The highest BCUT2D eigenvalue weighted by Gasteiger charge is 2.21. The number of hydrogen-bond donors (Lipinski definition) is 2. The molecule has 0 saturated heterocycles. The van der Waals surface area contributed by atoms with Gasteiger partial charge in [0.1, 0.15) is 5.75 Å². The van der Waals surface area contributed by atoms with Gasteiger partial charge in [-0.3, -0.25) is 4.79 Å². The number of carbonyl (C=O) groups is 1. The van der Waals surface area contributed by atoms with Crippen molar-refractivity contribution in [2.45, 2.75) is 31.7 Å². The molecule has 2 aromatic rings. The number of nitrogens with zero attached hydrogens (tertiary/aromatic N) is 1. The van der Waals surface area contributed by atoms with Crippen molar-refractivity contribution in [3.63, 3.8) is 0 Å². The molecule has 0 saturated carbocycles. The number of ether oxygens (including phenoxy) is 1. The van der Waals surface area contributed by atoms with E-state index < -0.39 is 10.0 Å². The summed E-state index contributed by atoms with van der Waals surface area (Å²) >= 11 is 0. The molecule has 158 valence electrons. The molecular formula is C21H29N3O4S. The van der Waals surface area contributed by atoms with Crippen LogP contribution in [0, 0.1) is 0 Å². The third-order valence-corrected chi connectivity index (χ3v) is 6.74. The van der Waals surface area contributed by atoms with Gasteiger partial charge in [-0.05, 0) is 36.8 Å². The van der Waals surface area contributed by atoms with Gasteiger partial charge in [0.25, 0.3) is 0 Å². The quantitative estimate of drug-likeness (QED) is 0.618. The van der Waals surface area contributed by atoms with Gasteiger partial charge < -0.3 is 15.4 Å². The van der Waals surface area contributed by atoms with Crippen molar-refractivity contribution in [3.8, 4) is 5.75 Å². The molecule has 0 heterocycles. The van der Waals surface area contributed by atoms with E-state index in [4.69, 9.17) is 4.74 Å². The van der Waals surface area contributed by atoms with Crippen molar-refractivity contribution in [2.24, 2.45) is 0 Å². The molecule has 0 radical (unpaired) electrons. The number of amides is 1. The molecule has 0 bridgehead atoms. The van der Waals surface area contributed by atoms with E-state index in [1.54, 1.807) is 43.5 Å². The molecule has 8 heteroatoms. The first kappa shape index (κ1) is 22.9. The molecule has 1 amide bonds. The van der Waals surface area contributed by atoms with Crippen LogP contribution in [-0.4, -0.2) is 45.4 Å². The topological polar surface area (TPSA) is 87.7 Å². The Balaban J connectivity index is 1.97. The highest BCUT2D eigenvalue weighted by molar-refractivity contribution is 7.89. The van der Waals surface area contributed by atoms with Gasteiger partial charge in [0.15, 0.2) is 0 Å². The van der Waals surface area contributed by atoms with E-state index in [1.807, 2.05) is 32.9 Å². The fourth-order valence-corrected chi connectivity index (χ4v) is 4.41. The summed E-state index contributed by atoms with van der Waals surface area (Å²) in [4.78, 5) is 12.5. The van der Waals surface area contributed by atoms with Gasteiger partial charge in [-0.1, -0.05) is 38.1 Å². The molecule has 1 atom stereocenters. The van der Waals surface area contributed by atoms with E-state index in [0.717, 1.165) is 5.56 Å². The molecule has 7 nitrogen and oxygen atoms in total. The number of benzene rings is 2. The summed E-state index contributed by atoms with van der Waals surface area (Å²) in [7, 11) is -1.92. The molecule has 0 aliphatic rings. The lowest BCUT2D eigenvalue weighted by Gasteiger charge is -2.19. The van der Waals surface area contributed by atoms with Crippen LogP contribution >= 0.6 is 0 Å². The Bertz CT molecular complexity index is 910. The summed E-state index contributed by atoms with van der Waals surface area (Å²) in [6.07, 6.45) is 0. The van der Waals surface area contributed by atoms with E-state index in [-0.39, 0.29) is 23.4 Å². The van der Waals surface area contributed by atoms with Crippen LogP contribution in [0.5, 0.6) is 5.75 Å². The number of methoxy groups -OCH3 is 1. The van der Waals surface area contributed by atoms with Crippen LogP contribution in [0.25, 0.3) is 0 Å². The number of sulfonamides is 1. The SMILES string of the molecule is CCN(CC)S(=O)(=O)c1ccc(C(C)NCC(=O)Nc2ccccc2OC)cc1. The Hall–Kier alpha value is -2.42. The molecule has 0 fully saturated rings. The van der Waals surface area contributed by atoms with Crippen molar-refractivity contribution < 1.29 is 17.9 Å². The first-order chi connectivity index (χ1) is 13.8. The van der Waals surface area contributed by atoms with Gasteiger partial charge in [0, 0.05) is 19.1 Å². The Morgan fingerprint density at radius 3 is 2.28 bits per heavy atom. The molecule has 2 aromatic carbocycles. The monoisotopic (exact) mass is 419 g/mol. The number of para-hydroxylation sites is 2. The summed E-state index contributed by atoms with van der Waals surface area (Å²) in [5.74, 6) is 0.404. The van der Waals surface area contributed by atoms with E-state index >= 15 is 0 Å². The zero-order valence-corrected chi connectivity index (χ0v) is 18.1. The summed E-state index contributed by atoms with van der Waals surface area (Å²) in [6, 6.07) is 13.8. The van der Waals surface area contributed by atoms with Crippen molar-refractivity contribution in [3.05, 3.63) is 54.1 Å². The third-order valence-electron chi connectivity index (χ3n) is 4.67. The second-order valence-electron chi connectivity index (χ2n) is 6.51. The van der Waals surface area contributed by atoms with E-state index in [9.17, 15) is 13.2 Å². The minimum absolute atomic E-state index is 0.110. The average molecular weight is 420 g/mol. The Morgan fingerprint density at radius 2 is 1.69 bits per heavy atom. The Morgan fingerprint density at radius 1 is 1.07 bits per heavy atom. The van der Waals surface area contributed by atoms with Gasteiger partial charge in [-0.2, -0.15) is 4.31 Å². The standard InChI is InChI=1S/C21H29N3O4S/c1-5-24(6-2)29(26,27)18-13-11-17(12-14-18)16(3)22-15-21(25)23-19-9-7-8-10-20(19)28-4/h7-14,16,22H,5-6,15H2,1-4H3,(H,23,25). The molecule has 29 heavy (non-hydrogen) atoms. The molecule has 0 spiro atoms. The van der Waals surface area contributed by atoms with Crippen LogP contribution in [0.1, 0.15) is 32.4 Å². The second-order valence-corrected chi connectivity index (χ2v) is 8.45. The highest BCUT2D eigenvalue weighted by atomic mass is 32.2. The first-order valence-electron chi connectivity index (χ1n) is 9.59. The van der Waals surface area contributed by atoms with Gasteiger partial charge in [-0.25, -0.2) is 8.42 Å². The van der Waals surface area contributed by atoms with Crippen molar-refractivity contribution in [1.82, 2.24) is 9.62 Å². The average Bonchev–Trinajstić information content (AvgIpc) is 2.73. The van der Waals surface area contributed by atoms with Crippen molar-refractivity contribution in [2.75, 3.05) is 32.1 Å². The maximum absolute atomic E-state index is 12.6. The summed E-state index contributed by atoms with van der Waals surface area (Å²) in [5, 5.41) is 5.96. The second kappa shape index (κ2) is 10.4. The smallest absolute Gasteiger partial charge is 0.243 e. The molecule has 2 N–H and O–H groups in total. The van der Waals surface area contributed by atoms with Gasteiger partial charge >= 0.3 is 0 Å². The van der Waals surface area contributed by atoms with Gasteiger partial charge in [0.2, 0.25) is 15.9 Å². The fraction of sp³-hybridized carbons (Fsp3) is 0.381. The molecule has 2 rings (SSSR count). The number of carbonyl (C=O) groups excluding carboxylic acids is 1. The van der Waals surface area contributed by atoms with Crippen LogP contribution in [-0.2, 0) is 14.8 Å². The van der Waals surface area contributed by atoms with Crippen LogP contribution in [0.15, 0.2) is 53.4 Å². The minimum atomic E-state index is -3.47. The number of hydrogen-bond acceptors (Lipinski definition) is 5. The largest absolute Gasteiger partial charge is 0.495 e. The molecule has 0 aromatic heterocycles. The maximum atomic E-state index is 12.6. The van der Waals surface area contributed by atoms with Crippen LogP contribution in [0.2, 0.25) is 0 Å². The van der Waals surface area contributed by atoms with E-state index in [1.165, 1.54) is 4.31 Å². The number of rotatable bonds is 10.